The van der Waals surface area contributed by atoms with Crippen LogP contribution in [0.4, 0.5) is 0 Å². The molecule has 27 heavy (non-hydrogen) atoms. The Morgan fingerprint density at radius 3 is 2.04 bits per heavy atom. The van der Waals surface area contributed by atoms with E-state index in [4.69, 9.17) is 9.47 Å². The molecule has 0 heterocycles. The van der Waals surface area contributed by atoms with E-state index in [0.29, 0.717) is 11.8 Å². The fourth-order valence-corrected chi connectivity index (χ4v) is 3.11. The summed E-state index contributed by atoms with van der Waals surface area (Å²) >= 11 is 1.79. The van der Waals surface area contributed by atoms with Crippen molar-refractivity contribution < 1.29 is 14.2 Å². The minimum Gasteiger partial charge on any atom is -0.624 e. The summed E-state index contributed by atoms with van der Waals surface area (Å²) < 4.78 is 12.2. The van der Waals surface area contributed by atoms with E-state index in [1.165, 1.54) is 0 Å². The van der Waals surface area contributed by atoms with Crippen molar-refractivity contribution in [2.24, 2.45) is 0 Å². The van der Waals surface area contributed by atoms with Gasteiger partial charge in [0.15, 0.2) is 19.6 Å². The Bertz CT molecular complexity index is 607. The van der Waals surface area contributed by atoms with Gasteiger partial charge in [-0.3, -0.25) is 0 Å². The predicted molar refractivity (Wildman–Crippen MR) is 118 cm³/mol. The van der Waals surface area contributed by atoms with Gasteiger partial charge in [0.1, 0.15) is 5.75 Å². The van der Waals surface area contributed by atoms with E-state index in [1.54, 1.807) is 25.1 Å². The van der Waals surface area contributed by atoms with Crippen LogP contribution in [0.25, 0.3) is 0 Å². The van der Waals surface area contributed by atoms with Gasteiger partial charge in [0, 0.05) is 35.5 Å². The van der Waals surface area contributed by atoms with Crippen molar-refractivity contribution in [1.82, 2.24) is 0 Å². The standard InChI is InChI=1S/C22H37NO3S/c1-16(27-9)10-11-23(24)14-17-12-18(21(2,3)4)20(26-15-25-8)19(13-17)22(5,6)7/h12-14,16H,10-11,15H2,1-9H3/b23-14-. The van der Waals surface area contributed by atoms with E-state index in [-0.39, 0.29) is 17.6 Å². The second kappa shape index (κ2) is 9.83. The van der Waals surface area contributed by atoms with Crippen LogP contribution in [-0.4, -0.2) is 42.9 Å². The molecule has 0 saturated carbocycles. The van der Waals surface area contributed by atoms with E-state index in [0.717, 1.165) is 33.6 Å². The first kappa shape index (κ1) is 23.8. The number of hydrogen-bond donors (Lipinski definition) is 0. The average molecular weight is 396 g/mol. The summed E-state index contributed by atoms with van der Waals surface area (Å²) in [4.78, 5) is 0. The molecule has 0 radical (unpaired) electrons. The molecule has 0 aliphatic carbocycles. The van der Waals surface area contributed by atoms with Gasteiger partial charge in [-0.2, -0.15) is 11.8 Å². The number of hydrogen-bond acceptors (Lipinski definition) is 4. The second-order valence-corrected chi connectivity index (χ2v) is 10.4. The molecule has 1 aromatic rings. The van der Waals surface area contributed by atoms with Gasteiger partial charge in [-0.05, 0) is 29.2 Å². The van der Waals surface area contributed by atoms with Gasteiger partial charge in [0.05, 0.1) is 0 Å². The molecule has 0 amide bonds. The topological polar surface area (TPSA) is 44.5 Å². The molecule has 1 rings (SSSR count). The Hall–Kier alpha value is -1.20. The van der Waals surface area contributed by atoms with Crippen molar-refractivity contribution in [3.8, 4) is 5.75 Å². The Morgan fingerprint density at radius 1 is 1.11 bits per heavy atom. The van der Waals surface area contributed by atoms with Gasteiger partial charge < -0.3 is 14.7 Å². The molecule has 0 aliphatic heterocycles. The van der Waals surface area contributed by atoms with E-state index in [1.807, 2.05) is 0 Å². The number of ether oxygens (including phenoxy) is 2. The monoisotopic (exact) mass is 395 g/mol. The van der Waals surface area contributed by atoms with Crippen LogP contribution in [0.1, 0.15) is 71.6 Å². The zero-order chi connectivity index (χ0) is 20.8. The molecule has 154 valence electrons. The lowest BCUT2D eigenvalue weighted by Gasteiger charge is -2.30. The van der Waals surface area contributed by atoms with Crippen LogP contribution in [0.3, 0.4) is 0 Å². The largest absolute Gasteiger partial charge is 0.624 e. The molecule has 0 fully saturated rings. The van der Waals surface area contributed by atoms with Crippen LogP contribution in [0.5, 0.6) is 5.75 Å². The van der Waals surface area contributed by atoms with Crippen molar-refractivity contribution in [1.29, 1.82) is 0 Å². The van der Waals surface area contributed by atoms with Gasteiger partial charge in [-0.15, -0.1) is 0 Å². The number of benzene rings is 1. The molecular weight excluding hydrogens is 358 g/mol. The maximum Gasteiger partial charge on any atom is 0.188 e. The maximum absolute atomic E-state index is 12.4. The Labute approximate surface area is 169 Å². The zero-order valence-electron chi connectivity index (χ0n) is 18.5. The highest BCUT2D eigenvalue weighted by Gasteiger charge is 2.28. The molecule has 0 saturated heterocycles. The van der Waals surface area contributed by atoms with Crippen molar-refractivity contribution in [2.75, 3.05) is 26.7 Å². The van der Waals surface area contributed by atoms with Crippen molar-refractivity contribution in [3.05, 3.63) is 34.0 Å². The van der Waals surface area contributed by atoms with Crippen molar-refractivity contribution in [2.45, 2.75) is 71.0 Å². The molecule has 1 atom stereocenters. The molecule has 5 heteroatoms. The fraction of sp³-hybridized carbons (Fsp3) is 0.682. The van der Waals surface area contributed by atoms with Crippen LogP contribution in [0.15, 0.2) is 12.1 Å². The van der Waals surface area contributed by atoms with Gasteiger partial charge in [0.25, 0.3) is 0 Å². The third-order valence-corrected chi connectivity index (χ3v) is 5.54. The van der Waals surface area contributed by atoms with Crippen LogP contribution >= 0.6 is 11.8 Å². The minimum atomic E-state index is -0.117. The molecule has 0 N–H and O–H groups in total. The number of methoxy groups -OCH3 is 1. The molecule has 4 nitrogen and oxygen atoms in total. The molecule has 1 aromatic carbocycles. The summed E-state index contributed by atoms with van der Waals surface area (Å²) in [5.41, 5.74) is 2.86. The maximum atomic E-state index is 12.4. The van der Waals surface area contributed by atoms with E-state index < -0.39 is 0 Å². The Kier molecular flexibility index (Phi) is 8.68. The lowest BCUT2D eigenvalue weighted by atomic mass is 9.78. The number of hydroxylamine groups is 1. The van der Waals surface area contributed by atoms with E-state index >= 15 is 0 Å². The average Bonchev–Trinajstić information content (AvgIpc) is 2.56. The van der Waals surface area contributed by atoms with Gasteiger partial charge in [0.2, 0.25) is 0 Å². The smallest absolute Gasteiger partial charge is 0.188 e. The van der Waals surface area contributed by atoms with Crippen LogP contribution in [0, 0.1) is 5.21 Å². The first-order chi connectivity index (χ1) is 12.4. The van der Waals surface area contributed by atoms with Gasteiger partial charge in [-0.1, -0.05) is 48.5 Å². The third kappa shape index (κ3) is 7.38. The summed E-state index contributed by atoms with van der Waals surface area (Å²) in [6.45, 7) is 15.8. The summed E-state index contributed by atoms with van der Waals surface area (Å²) in [5.74, 6) is 0.863. The van der Waals surface area contributed by atoms with Crippen molar-refractivity contribution in [3.63, 3.8) is 0 Å². The SMILES string of the molecule is COCOc1c(C(C)(C)C)cc(/C=[N+](\[O-])CCC(C)SC)cc1C(C)(C)C. The van der Waals surface area contributed by atoms with Gasteiger partial charge in [-0.25, -0.2) is 4.74 Å². The lowest BCUT2D eigenvalue weighted by molar-refractivity contribution is -0.452. The summed E-state index contributed by atoms with van der Waals surface area (Å²) in [6.07, 6.45) is 4.65. The Balaban J connectivity index is 3.42. The fourth-order valence-electron chi connectivity index (χ4n) is 2.77. The molecular formula is C22H37NO3S. The van der Waals surface area contributed by atoms with E-state index in [2.05, 4.69) is 66.9 Å². The molecule has 1 unspecified atom stereocenters. The van der Waals surface area contributed by atoms with E-state index in [9.17, 15) is 5.21 Å². The quantitative estimate of drug-likeness (QED) is 0.196. The van der Waals surface area contributed by atoms with Crippen LogP contribution < -0.4 is 4.74 Å². The van der Waals surface area contributed by atoms with Crippen LogP contribution in [0.2, 0.25) is 0 Å². The number of thioether (sulfide) groups is 1. The molecule has 0 spiro atoms. The highest BCUT2D eigenvalue weighted by Crippen LogP contribution is 2.40. The lowest BCUT2D eigenvalue weighted by Crippen LogP contribution is -2.21. The van der Waals surface area contributed by atoms with Crippen molar-refractivity contribution >= 4 is 18.0 Å². The molecule has 0 aliphatic rings. The first-order valence-corrected chi connectivity index (χ1v) is 10.8. The highest BCUT2D eigenvalue weighted by atomic mass is 32.2. The predicted octanol–water partition coefficient (Wildman–Crippen LogP) is 5.34. The Morgan fingerprint density at radius 2 is 1.63 bits per heavy atom. The molecule has 0 bridgehead atoms. The zero-order valence-corrected chi connectivity index (χ0v) is 19.3. The molecule has 0 aromatic heterocycles. The number of nitrogens with zero attached hydrogens (tertiary/aromatic N) is 1. The normalized spacial score (nSPS) is 14.3. The third-order valence-electron chi connectivity index (χ3n) is 4.50. The summed E-state index contributed by atoms with van der Waals surface area (Å²) in [5, 5.41) is 12.9. The number of rotatable bonds is 8. The highest BCUT2D eigenvalue weighted by molar-refractivity contribution is 7.99. The minimum absolute atomic E-state index is 0.117. The first-order valence-electron chi connectivity index (χ1n) is 9.52. The van der Waals surface area contributed by atoms with Crippen LogP contribution in [-0.2, 0) is 15.6 Å². The summed E-state index contributed by atoms with van der Waals surface area (Å²) in [7, 11) is 1.63. The summed E-state index contributed by atoms with van der Waals surface area (Å²) in [6, 6.07) is 4.15. The van der Waals surface area contributed by atoms with Gasteiger partial charge >= 0.3 is 0 Å². The second-order valence-electron chi connectivity index (χ2n) is 9.10.